The number of methoxy groups -OCH3 is 1. The Labute approximate surface area is 85.6 Å². The van der Waals surface area contributed by atoms with Gasteiger partial charge in [0.25, 0.3) is 5.91 Å². The molecule has 15 heavy (non-hydrogen) atoms. The molecule has 4 N–H and O–H groups in total. The predicted molar refractivity (Wildman–Crippen MR) is 55.7 cm³/mol. The quantitative estimate of drug-likeness (QED) is 0.770. The largest absolute Gasteiger partial charge is 0.496 e. The van der Waals surface area contributed by atoms with Crippen molar-refractivity contribution in [3.63, 3.8) is 0 Å². The summed E-state index contributed by atoms with van der Waals surface area (Å²) in [4.78, 5) is 11.0. The number of hydrogen-bond acceptors (Lipinski definition) is 4. The molecule has 0 bridgehead atoms. The molecule has 0 fully saturated rings. The number of rotatable bonds is 2. The van der Waals surface area contributed by atoms with Gasteiger partial charge >= 0.3 is 0 Å². The number of carbonyl (C=O) groups excluding carboxylic acids is 1. The van der Waals surface area contributed by atoms with Crippen LogP contribution in [0.1, 0.15) is 10.6 Å². The first-order valence-corrected chi connectivity index (χ1v) is 4.30. The SMILES string of the molecule is COc1cccc2oc(C(N)=O)c(N)c12. The predicted octanol–water partition coefficient (Wildman–Crippen LogP) is 1.12. The molecule has 0 aliphatic heterocycles. The minimum absolute atomic E-state index is 0.0329. The Morgan fingerprint density at radius 3 is 2.80 bits per heavy atom. The van der Waals surface area contributed by atoms with E-state index in [1.165, 1.54) is 7.11 Å². The minimum Gasteiger partial charge on any atom is -0.496 e. The second kappa shape index (κ2) is 3.20. The Kier molecular flexibility index (Phi) is 2.00. The average molecular weight is 206 g/mol. The fourth-order valence-corrected chi connectivity index (χ4v) is 1.49. The number of primary amides is 1. The molecule has 0 aliphatic rings. The number of anilines is 1. The van der Waals surface area contributed by atoms with Crippen LogP contribution in [0, 0.1) is 0 Å². The zero-order valence-corrected chi connectivity index (χ0v) is 8.11. The summed E-state index contributed by atoms with van der Waals surface area (Å²) in [7, 11) is 1.52. The monoisotopic (exact) mass is 206 g/mol. The summed E-state index contributed by atoms with van der Waals surface area (Å²) in [5.74, 6) is -0.165. The second-order valence-corrected chi connectivity index (χ2v) is 3.04. The van der Waals surface area contributed by atoms with Crippen LogP contribution in [0.2, 0.25) is 0 Å². The van der Waals surface area contributed by atoms with Gasteiger partial charge in [0.1, 0.15) is 11.3 Å². The maximum absolute atomic E-state index is 11.0. The van der Waals surface area contributed by atoms with Gasteiger partial charge < -0.3 is 20.6 Å². The number of amides is 1. The molecule has 2 rings (SSSR count). The van der Waals surface area contributed by atoms with Crippen LogP contribution in [0.5, 0.6) is 5.75 Å². The van der Waals surface area contributed by atoms with Crippen molar-refractivity contribution in [2.45, 2.75) is 0 Å². The van der Waals surface area contributed by atoms with Gasteiger partial charge in [0.2, 0.25) is 5.76 Å². The maximum atomic E-state index is 11.0. The van der Waals surface area contributed by atoms with Crippen LogP contribution < -0.4 is 16.2 Å². The molecular formula is C10H10N2O3. The summed E-state index contributed by atoms with van der Waals surface area (Å²) in [6, 6.07) is 5.18. The summed E-state index contributed by atoms with van der Waals surface area (Å²) >= 11 is 0. The van der Waals surface area contributed by atoms with Gasteiger partial charge in [-0.05, 0) is 12.1 Å². The van der Waals surface area contributed by atoms with Gasteiger partial charge in [-0.15, -0.1) is 0 Å². The molecule has 0 atom stereocenters. The maximum Gasteiger partial charge on any atom is 0.286 e. The molecule has 5 heteroatoms. The lowest BCUT2D eigenvalue weighted by molar-refractivity contribution is 0.0977. The number of furan rings is 1. The minimum atomic E-state index is -0.689. The van der Waals surface area contributed by atoms with E-state index in [-0.39, 0.29) is 11.4 Å². The van der Waals surface area contributed by atoms with Gasteiger partial charge in [-0.3, -0.25) is 4.79 Å². The molecular weight excluding hydrogens is 196 g/mol. The van der Waals surface area contributed by atoms with E-state index in [1.807, 2.05) is 0 Å². The van der Waals surface area contributed by atoms with Gasteiger partial charge in [-0.25, -0.2) is 0 Å². The molecule has 5 nitrogen and oxygen atoms in total. The van der Waals surface area contributed by atoms with E-state index in [1.54, 1.807) is 18.2 Å². The Bertz CT molecular complexity index is 531. The Hall–Kier alpha value is -2.17. The van der Waals surface area contributed by atoms with Gasteiger partial charge in [0, 0.05) is 0 Å². The van der Waals surface area contributed by atoms with Crippen molar-refractivity contribution in [2.75, 3.05) is 12.8 Å². The van der Waals surface area contributed by atoms with Crippen LogP contribution in [0.25, 0.3) is 11.0 Å². The zero-order valence-electron chi connectivity index (χ0n) is 8.11. The standard InChI is InChI=1S/C10H10N2O3/c1-14-5-3-2-4-6-7(5)8(11)9(15-6)10(12)13/h2-4H,11H2,1H3,(H2,12,13). The molecule has 0 aliphatic carbocycles. The molecule has 78 valence electrons. The first-order chi connectivity index (χ1) is 7.15. The summed E-state index contributed by atoms with van der Waals surface area (Å²) in [5.41, 5.74) is 11.6. The highest BCUT2D eigenvalue weighted by atomic mass is 16.5. The van der Waals surface area contributed by atoms with E-state index < -0.39 is 5.91 Å². The van der Waals surface area contributed by atoms with Crippen LogP contribution in [0.3, 0.4) is 0 Å². The number of hydrogen-bond donors (Lipinski definition) is 2. The number of nitrogens with two attached hydrogens (primary N) is 2. The van der Waals surface area contributed by atoms with E-state index in [9.17, 15) is 4.79 Å². The highest BCUT2D eigenvalue weighted by Gasteiger charge is 2.18. The lowest BCUT2D eigenvalue weighted by Gasteiger charge is -2.00. The van der Waals surface area contributed by atoms with Crippen LogP contribution in [0.15, 0.2) is 22.6 Å². The van der Waals surface area contributed by atoms with Gasteiger partial charge in [-0.2, -0.15) is 0 Å². The van der Waals surface area contributed by atoms with Crippen LogP contribution in [-0.2, 0) is 0 Å². The third-order valence-electron chi connectivity index (χ3n) is 2.16. The van der Waals surface area contributed by atoms with Crippen LogP contribution in [0.4, 0.5) is 5.69 Å². The summed E-state index contributed by atoms with van der Waals surface area (Å²) < 4.78 is 10.3. The number of nitrogen functional groups attached to an aromatic ring is 1. The second-order valence-electron chi connectivity index (χ2n) is 3.04. The molecule has 1 heterocycles. The topological polar surface area (TPSA) is 91.5 Å². The highest BCUT2D eigenvalue weighted by molar-refractivity contribution is 6.06. The summed E-state index contributed by atoms with van der Waals surface area (Å²) in [6.07, 6.45) is 0. The third-order valence-corrected chi connectivity index (χ3v) is 2.16. The third kappa shape index (κ3) is 1.28. The van der Waals surface area contributed by atoms with E-state index >= 15 is 0 Å². The number of carbonyl (C=O) groups is 1. The van der Waals surface area contributed by atoms with Crippen LogP contribution in [-0.4, -0.2) is 13.0 Å². The molecule has 0 unspecified atom stereocenters. The number of ether oxygens (including phenoxy) is 1. The van der Waals surface area contributed by atoms with Crippen molar-refractivity contribution >= 4 is 22.6 Å². The molecule has 1 aromatic carbocycles. The Morgan fingerprint density at radius 1 is 1.47 bits per heavy atom. The van der Waals surface area contributed by atoms with E-state index in [0.717, 1.165) is 0 Å². The molecule has 2 aromatic rings. The first kappa shape index (κ1) is 9.39. The van der Waals surface area contributed by atoms with Crippen molar-refractivity contribution in [1.82, 2.24) is 0 Å². The zero-order chi connectivity index (χ0) is 11.0. The Morgan fingerprint density at radius 2 is 2.20 bits per heavy atom. The fraction of sp³-hybridized carbons (Fsp3) is 0.100. The lowest BCUT2D eigenvalue weighted by atomic mass is 10.2. The number of benzene rings is 1. The molecule has 1 amide bonds. The van der Waals surface area contributed by atoms with Gasteiger partial charge in [0.05, 0.1) is 18.2 Å². The summed E-state index contributed by atoms with van der Waals surface area (Å²) in [6.45, 7) is 0. The molecule has 1 aromatic heterocycles. The number of fused-ring (bicyclic) bond motifs is 1. The molecule has 0 spiro atoms. The van der Waals surface area contributed by atoms with Crippen molar-refractivity contribution < 1.29 is 13.9 Å². The normalized spacial score (nSPS) is 10.5. The van der Waals surface area contributed by atoms with E-state index in [2.05, 4.69) is 0 Å². The van der Waals surface area contributed by atoms with E-state index in [0.29, 0.717) is 16.7 Å². The Balaban J connectivity index is 2.82. The van der Waals surface area contributed by atoms with Gasteiger partial charge in [0.15, 0.2) is 0 Å². The molecule has 0 radical (unpaired) electrons. The lowest BCUT2D eigenvalue weighted by Crippen LogP contribution is -2.11. The smallest absolute Gasteiger partial charge is 0.286 e. The highest BCUT2D eigenvalue weighted by Crippen LogP contribution is 2.34. The summed E-state index contributed by atoms with van der Waals surface area (Å²) in [5, 5.41) is 0.578. The average Bonchev–Trinajstić information content (AvgIpc) is 2.56. The molecule has 0 saturated heterocycles. The van der Waals surface area contributed by atoms with E-state index in [4.69, 9.17) is 20.6 Å². The van der Waals surface area contributed by atoms with Gasteiger partial charge in [-0.1, -0.05) is 6.07 Å². The van der Waals surface area contributed by atoms with Crippen molar-refractivity contribution in [3.8, 4) is 5.75 Å². The first-order valence-electron chi connectivity index (χ1n) is 4.30. The van der Waals surface area contributed by atoms with Crippen LogP contribution >= 0.6 is 0 Å². The van der Waals surface area contributed by atoms with Crippen molar-refractivity contribution in [2.24, 2.45) is 5.73 Å². The van der Waals surface area contributed by atoms with Crippen molar-refractivity contribution in [3.05, 3.63) is 24.0 Å². The fourth-order valence-electron chi connectivity index (χ4n) is 1.49. The molecule has 0 saturated carbocycles. The van der Waals surface area contributed by atoms with Crippen molar-refractivity contribution in [1.29, 1.82) is 0 Å².